The minimum absolute atomic E-state index is 0.196. The Balaban J connectivity index is 2.22. The van der Waals surface area contributed by atoms with E-state index in [9.17, 15) is 14.4 Å². The van der Waals surface area contributed by atoms with Gasteiger partial charge >= 0.3 is 5.97 Å². The van der Waals surface area contributed by atoms with E-state index in [1.54, 1.807) is 39.0 Å². The van der Waals surface area contributed by atoms with Crippen LogP contribution in [0.1, 0.15) is 33.3 Å². The lowest BCUT2D eigenvalue weighted by Gasteiger charge is -2.21. The van der Waals surface area contributed by atoms with Crippen molar-refractivity contribution >= 4 is 46.6 Å². The molecule has 1 aliphatic heterocycles. The molecule has 0 unspecified atom stereocenters. The molecule has 0 aliphatic carbocycles. The van der Waals surface area contributed by atoms with Crippen molar-refractivity contribution in [2.75, 3.05) is 13.2 Å². The number of carbonyl (C=O) groups is 3. The van der Waals surface area contributed by atoms with Gasteiger partial charge < -0.3 is 9.47 Å². The Kier molecular flexibility index (Phi) is 6.36. The summed E-state index contributed by atoms with van der Waals surface area (Å²) in [6, 6.07) is 5.02. The van der Waals surface area contributed by atoms with Crippen molar-refractivity contribution in [1.82, 2.24) is 4.90 Å². The van der Waals surface area contributed by atoms with Crippen LogP contribution in [0.4, 0.5) is 4.79 Å². The van der Waals surface area contributed by atoms with Crippen molar-refractivity contribution in [3.8, 4) is 5.75 Å². The zero-order valence-corrected chi connectivity index (χ0v) is 16.6. The fourth-order valence-electron chi connectivity index (χ4n) is 2.20. The molecule has 0 radical (unpaired) electrons. The average Bonchev–Trinajstić information content (AvgIpc) is 2.76. The Morgan fingerprint density at radius 2 is 2.00 bits per heavy atom. The Bertz CT molecular complexity index is 769. The zero-order valence-electron chi connectivity index (χ0n) is 15.0. The second-order valence-electron chi connectivity index (χ2n) is 6.47. The molecule has 140 valence electrons. The molecule has 2 amide bonds. The zero-order chi connectivity index (χ0) is 19.5. The molecule has 6 nitrogen and oxygen atoms in total. The molecule has 26 heavy (non-hydrogen) atoms. The minimum atomic E-state index is -0.693. The number of ether oxygens (including phenoxy) is 2. The number of imide groups is 1. The van der Waals surface area contributed by atoms with E-state index in [2.05, 4.69) is 0 Å². The molecule has 0 atom stereocenters. The lowest BCUT2D eigenvalue weighted by atomic mass is 10.2. The van der Waals surface area contributed by atoms with Crippen LogP contribution in [-0.2, 0) is 14.3 Å². The number of hydrogen-bond acceptors (Lipinski definition) is 6. The van der Waals surface area contributed by atoms with Crippen LogP contribution in [0.5, 0.6) is 5.75 Å². The number of thioether (sulfide) groups is 1. The first-order valence-electron chi connectivity index (χ1n) is 8.00. The number of benzene rings is 1. The molecule has 2 rings (SSSR count). The molecule has 0 saturated carbocycles. The lowest BCUT2D eigenvalue weighted by molar-refractivity contribution is -0.156. The number of esters is 1. The van der Waals surface area contributed by atoms with Crippen molar-refractivity contribution in [3.63, 3.8) is 0 Å². The summed E-state index contributed by atoms with van der Waals surface area (Å²) in [5.41, 5.74) is -0.107. The first-order chi connectivity index (χ1) is 12.1. The summed E-state index contributed by atoms with van der Waals surface area (Å²) in [5.74, 6) is -0.636. The van der Waals surface area contributed by atoms with E-state index < -0.39 is 29.3 Å². The molecular weight excluding hydrogens is 378 g/mol. The van der Waals surface area contributed by atoms with E-state index in [1.807, 2.05) is 6.92 Å². The van der Waals surface area contributed by atoms with Gasteiger partial charge in [0.25, 0.3) is 11.1 Å². The van der Waals surface area contributed by atoms with Gasteiger partial charge in [0.05, 0.1) is 11.5 Å². The molecule has 1 aromatic rings. The van der Waals surface area contributed by atoms with E-state index in [1.165, 1.54) is 6.08 Å². The van der Waals surface area contributed by atoms with Crippen LogP contribution in [0.2, 0.25) is 5.02 Å². The standard InChI is InChI=1S/C18H20ClNO5S/c1-5-24-13-7-6-12(19)8-11(13)9-14-16(22)20(17(23)26-14)10-15(21)25-18(2,3)4/h6-9H,5,10H2,1-4H3/b14-9-. The van der Waals surface area contributed by atoms with Crippen molar-refractivity contribution in [2.24, 2.45) is 0 Å². The van der Waals surface area contributed by atoms with Crippen LogP contribution >= 0.6 is 23.4 Å². The fourth-order valence-corrected chi connectivity index (χ4v) is 3.21. The number of amides is 2. The van der Waals surface area contributed by atoms with E-state index in [0.29, 0.717) is 22.9 Å². The molecule has 1 heterocycles. The molecule has 1 saturated heterocycles. The highest BCUT2D eigenvalue weighted by molar-refractivity contribution is 8.18. The van der Waals surface area contributed by atoms with E-state index in [-0.39, 0.29) is 4.91 Å². The highest BCUT2D eigenvalue weighted by Gasteiger charge is 2.37. The van der Waals surface area contributed by atoms with Crippen LogP contribution in [-0.4, -0.2) is 40.8 Å². The van der Waals surface area contributed by atoms with Crippen molar-refractivity contribution in [2.45, 2.75) is 33.3 Å². The number of carbonyl (C=O) groups excluding carboxylic acids is 3. The van der Waals surface area contributed by atoms with Crippen molar-refractivity contribution < 1.29 is 23.9 Å². The largest absolute Gasteiger partial charge is 0.493 e. The molecule has 0 bridgehead atoms. The Labute approximate surface area is 161 Å². The average molecular weight is 398 g/mol. The predicted molar refractivity (Wildman–Crippen MR) is 101 cm³/mol. The maximum Gasteiger partial charge on any atom is 0.326 e. The molecule has 0 aromatic heterocycles. The van der Waals surface area contributed by atoms with Crippen molar-refractivity contribution in [1.29, 1.82) is 0 Å². The quantitative estimate of drug-likeness (QED) is 0.549. The van der Waals surface area contributed by atoms with Gasteiger partial charge in [-0.05, 0) is 63.7 Å². The fraction of sp³-hybridized carbons (Fsp3) is 0.389. The van der Waals surface area contributed by atoms with Gasteiger partial charge in [0.2, 0.25) is 0 Å². The Morgan fingerprint density at radius 3 is 2.62 bits per heavy atom. The summed E-state index contributed by atoms with van der Waals surface area (Å²) >= 11 is 6.77. The van der Waals surface area contributed by atoms with Crippen LogP contribution in [0, 0.1) is 0 Å². The smallest absolute Gasteiger partial charge is 0.326 e. The minimum Gasteiger partial charge on any atom is -0.493 e. The second kappa shape index (κ2) is 8.14. The third-order valence-corrected chi connectivity index (χ3v) is 4.28. The molecular formula is C18H20ClNO5S. The molecule has 1 aromatic carbocycles. The second-order valence-corrected chi connectivity index (χ2v) is 7.90. The number of rotatable bonds is 5. The van der Waals surface area contributed by atoms with Crippen molar-refractivity contribution in [3.05, 3.63) is 33.7 Å². The van der Waals surface area contributed by atoms with Gasteiger partial charge in [0, 0.05) is 10.6 Å². The summed E-state index contributed by atoms with van der Waals surface area (Å²) in [5, 5.41) is -0.0419. The normalized spacial score (nSPS) is 16.3. The van der Waals surface area contributed by atoms with Crippen LogP contribution in [0.15, 0.2) is 23.1 Å². The highest BCUT2D eigenvalue weighted by atomic mass is 35.5. The Morgan fingerprint density at radius 1 is 1.31 bits per heavy atom. The van der Waals surface area contributed by atoms with Gasteiger partial charge in [-0.25, -0.2) is 0 Å². The molecule has 0 N–H and O–H groups in total. The summed E-state index contributed by atoms with van der Waals surface area (Å²) in [4.78, 5) is 37.6. The Hall–Kier alpha value is -1.99. The van der Waals surface area contributed by atoms with E-state index in [0.717, 1.165) is 16.7 Å². The highest BCUT2D eigenvalue weighted by Crippen LogP contribution is 2.34. The maximum atomic E-state index is 12.5. The van der Waals surface area contributed by atoms with E-state index >= 15 is 0 Å². The third-order valence-electron chi connectivity index (χ3n) is 3.14. The summed E-state index contributed by atoms with van der Waals surface area (Å²) in [7, 11) is 0. The first-order valence-corrected chi connectivity index (χ1v) is 9.19. The van der Waals surface area contributed by atoms with Crippen LogP contribution in [0.25, 0.3) is 6.08 Å². The summed E-state index contributed by atoms with van der Waals surface area (Å²) in [6.45, 7) is 7.01. The third kappa shape index (κ3) is 5.25. The van der Waals surface area contributed by atoms with Gasteiger partial charge in [-0.15, -0.1) is 0 Å². The van der Waals surface area contributed by atoms with Gasteiger partial charge in [-0.1, -0.05) is 11.6 Å². The number of hydrogen-bond donors (Lipinski definition) is 0. The predicted octanol–water partition coefficient (Wildman–Crippen LogP) is 4.12. The summed E-state index contributed by atoms with van der Waals surface area (Å²) in [6.07, 6.45) is 1.54. The number of nitrogens with zero attached hydrogens (tertiary/aromatic N) is 1. The monoisotopic (exact) mass is 397 g/mol. The van der Waals surface area contributed by atoms with Gasteiger partial charge in [0.1, 0.15) is 17.9 Å². The SMILES string of the molecule is CCOc1ccc(Cl)cc1/C=C1\SC(=O)N(CC(=O)OC(C)(C)C)C1=O. The van der Waals surface area contributed by atoms with E-state index in [4.69, 9.17) is 21.1 Å². The maximum absolute atomic E-state index is 12.5. The molecule has 1 aliphatic rings. The topological polar surface area (TPSA) is 72.9 Å². The van der Waals surface area contributed by atoms with Crippen LogP contribution < -0.4 is 4.74 Å². The lowest BCUT2D eigenvalue weighted by Crippen LogP contribution is -2.37. The van der Waals surface area contributed by atoms with Gasteiger partial charge in [-0.2, -0.15) is 0 Å². The summed E-state index contributed by atoms with van der Waals surface area (Å²) < 4.78 is 10.7. The molecule has 8 heteroatoms. The van der Waals surface area contributed by atoms with Crippen LogP contribution in [0.3, 0.4) is 0 Å². The van der Waals surface area contributed by atoms with Gasteiger partial charge in [-0.3, -0.25) is 19.3 Å². The first kappa shape index (κ1) is 20.3. The molecule has 1 fully saturated rings. The number of halogens is 1. The molecule has 0 spiro atoms. The van der Waals surface area contributed by atoms with Gasteiger partial charge in [0.15, 0.2) is 0 Å².